The van der Waals surface area contributed by atoms with Crippen LogP contribution in [0.25, 0.3) is 16.5 Å². The first-order chi connectivity index (χ1) is 16.6. The fraction of sp³-hybridized carbons (Fsp3) is 0.679. The van der Waals surface area contributed by atoms with E-state index in [1.165, 1.54) is 11.1 Å². The highest BCUT2D eigenvalue weighted by atomic mass is 19.1. The number of halogens is 1. The molecule has 5 aliphatic rings. The van der Waals surface area contributed by atoms with Gasteiger partial charge in [0.25, 0.3) is 0 Å². The second kappa shape index (κ2) is 6.94. The van der Waals surface area contributed by atoms with E-state index in [2.05, 4.69) is 41.4 Å². The summed E-state index contributed by atoms with van der Waals surface area (Å²) in [5.41, 5.74) is 0.432. The molecule has 3 aliphatic carbocycles. The summed E-state index contributed by atoms with van der Waals surface area (Å²) in [5, 5.41) is 30.4. The van der Waals surface area contributed by atoms with E-state index < -0.39 is 29.1 Å². The summed E-state index contributed by atoms with van der Waals surface area (Å²) in [6.07, 6.45) is 6.66. The van der Waals surface area contributed by atoms with E-state index in [9.17, 15) is 10.2 Å². The fourth-order valence-electron chi connectivity index (χ4n) is 9.11. The summed E-state index contributed by atoms with van der Waals surface area (Å²) in [4.78, 5) is 1.98. The molecule has 35 heavy (non-hydrogen) atoms. The number of nitrogens with one attached hydrogen (secondary N) is 1. The van der Waals surface area contributed by atoms with Crippen molar-refractivity contribution in [3.05, 3.63) is 36.0 Å². The number of ether oxygens (including phenoxy) is 1. The molecule has 188 valence electrons. The van der Waals surface area contributed by atoms with Gasteiger partial charge in [-0.25, -0.2) is 4.39 Å². The molecule has 6 nitrogen and oxygen atoms in total. The number of likely N-dealkylation sites (N-methyl/N-ethyl adjacent to an activating group) is 1. The number of aromatic nitrogens is 2. The first-order valence-electron chi connectivity index (χ1n) is 13.2. The van der Waals surface area contributed by atoms with Crippen LogP contribution in [-0.2, 0) is 4.74 Å². The lowest BCUT2D eigenvalue weighted by Gasteiger charge is -2.64. The zero-order valence-electron chi connectivity index (χ0n) is 20.8. The molecule has 7 heteroatoms. The Morgan fingerprint density at radius 2 is 1.94 bits per heavy atom. The summed E-state index contributed by atoms with van der Waals surface area (Å²) in [5.74, 6) is -0.307. The lowest BCUT2D eigenvalue weighted by atomic mass is 9.51. The lowest BCUT2D eigenvalue weighted by Crippen LogP contribution is -2.72. The summed E-state index contributed by atoms with van der Waals surface area (Å²) >= 11 is 0. The molecule has 2 aliphatic heterocycles. The maximum atomic E-state index is 17.2. The zero-order chi connectivity index (χ0) is 24.4. The fourth-order valence-corrected chi connectivity index (χ4v) is 9.11. The van der Waals surface area contributed by atoms with Crippen LogP contribution in [0.15, 0.2) is 30.5 Å². The Bertz CT molecular complexity index is 1230. The number of H-pyrrole nitrogens is 1. The van der Waals surface area contributed by atoms with Crippen molar-refractivity contribution in [3.8, 4) is 0 Å². The van der Waals surface area contributed by atoms with Crippen molar-refractivity contribution in [2.24, 2.45) is 17.3 Å². The van der Waals surface area contributed by atoms with E-state index >= 15 is 4.39 Å². The molecule has 9 atom stereocenters. The van der Waals surface area contributed by atoms with Gasteiger partial charge in [0, 0.05) is 23.3 Å². The molecule has 2 saturated carbocycles. The molecule has 2 aromatic rings. The van der Waals surface area contributed by atoms with Crippen molar-refractivity contribution in [1.82, 2.24) is 15.1 Å². The van der Waals surface area contributed by atoms with Gasteiger partial charge < -0.3 is 19.8 Å². The van der Waals surface area contributed by atoms with Crippen LogP contribution in [0.4, 0.5) is 4.39 Å². The van der Waals surface area contributed by atoms with Crippen molar-refractivity contribution in [2.75, 3.05) is 14.1 Å². The topological polar surface area (TPSA) is 81.6 Å². The summed E-state index contributed by atoms with van der Waals surface area (Å²) in [7, 11) is 3.87. The van der Waals surface area contributed by atoms with Crippen molar-refractivity contribution in [1.29, 1.82) is 0 Å². The minimum absolute atomic E-state index is 0.0586. The molecular weight excluding hydrogens is 445 g/mol. The highest BCUT2D eigenvalue weighted by molar-refractivity contribution is 5.84. The Hall–Kier alpha value is -1.80. The van der Waals surface area contributed by atoms with Gasteiger partial charge in [0.15, 0.2) is 0 Å². The van der Waals surface area contributed by atoms with Crippen LogP contribution >= 0.6 is 0 Å². The SMILES string of the molecule is CN(C)C1CC23CCC4(O2)C2CC=C(c5ccc6cn[nH]c6c5)C2(C)CCC4(F)CC3C(O)C1O. The molecule has 2 spiro atoms. The number of aliphatic hydroxyl groups excluding tert-OH is 2. The van der Waals surface area contributed by atoms with Gasteiger partial charge in [-0.05, 0) is 81.7 Å². The highest BCUT2D eigenvalue weighted by Crippen LogP contribution is 2.72. The minimum Gasteiger partial charge on any atom is -0.390 e. The van der Waals surface area contributed by atoms with Gasteiger partial charge in [-0.3, -0.25) is 5.10 Å². The molecule has 0 amide bonds. The Morgan fingerprint density at radius 3 is 2.74 bits per heavy atom. The standard InChI is InChI=1S/C28H36FN3O3/c1-25-8-10-27(29)13-19-23(33)24(34)21(32(2)3)14-26(19)9-11-28(27,35-26)22(25)7-6-18(25)16-4-5-17-15-30-31-20(17)12-16/h4-6,12,15,19,21-24,33-34H,7-11,13-14H2,1-3H3,(H,30,31). The number of fused-ring (bicyclic) bond motifs is 2. The Balaban J connectivity index is 1.28. The Kier molecular flexibility index (Phi) is 4.44. The van der Waals surface area contributed by atoms with Gasteiger partial charge in [-0.2, -0.15) is 5.10 Å². The summed E-state index contributed by atoms with van der Waals surface area (Å²) in [6.45, 7) is 2.31. The highest BCUT2D eigenvalue weighted by Gasteiger charge is 2.77. The maximum absolute atomic E-state index is 17.2. The number of benzene rings is 1. The van der Waals surface area contributed by atoms with E-state index in [1.807, 2.05) is 25.2 Å². The minimum atomic E-state index is -1.48. The number of hydrogen-bond donors (Lipinski definition) is 3. The summed E-state index contributed by atoms with van der Waals surface area (Å²) in [6, 6.07) is 6.25. The monoisotopic (exact) mass is 481 g/mol. The van der Waals surface area contributed by atoms with E-state index in [0.717, 1.165) is 30.2 Å². The molecular formula is C28H36FN3O3. The predicted octanol–water partition coefficient (Wildman–Crippen LogP) is 3.84. The maximum Gasteiger partial charge on any atom is 0.140 e. The normalized spacial score (nSPS) is 48.5. The second-order valence-corrected chi connectivity index (χ2v) is 12.5. The number of rotatable bonds is 2. The molecule has 1 aromatic carbocycles. The third-order valence-electron chi connectivity index (χ3n) is 11.0. The lowest BCUT2D eigenvalue weighted by molar-refractivity contribution is -0.314. The van der Waals surface area contributed by atoms with E-state index in [1.54, 1.807) is 0 Å². The van der Waals surface area contributed by atoms with Gasteiger partial charge in [-0.1, -0.05) is 25.1 Å². The van der Waals surface area contributed by atoms with Crippen LogP contribution in [0, 0.1) is 17.3 Å². The van der Waals surface area contributed by atoms with Crippen LogP contribution in [0.5, 0.6) is 0 Å². The molecule has 0 radical (unpaired) electrons. The quantitative estimate of drug-likeness (QED) is 0.607. The summed E-state index contributed by atoms with van der Waals surface area (Å²) < 4.78 is 24.2. The number of alkyl halides is 1. The third kappa shape index (κ3) is 2.65. The van der Waals surface area contributed by atoms with E-state index in [4.69, 9.17) is 4.74 Å². The molecule has 3 heterocycles. The zero-order valence-corrected chi connectivity index (χ0v) is 20.8. The van der Waals surface area contributed by atoms with Crippen LogP contribution < -0.4 is 0 Å². The molecule has 4 fully saturated rings. The second-order valence-electron chi connectivity index (χ2n) is 12.5. The van der Waals surface area contributed by atoms with Gasteiger partial charge >= 0.3 is 0 Å². The predicted molar refractivity (Wildman–Crippen MR) is 131 cm³/mol. The Morgan fingerprint density at radius 1 is 1.11 bits per heavy atom. The van der Waals surface area contributed by atoms with Crippen molar-refractivity contribution in [3.63, 3.8) is 0 Å². The largest absolute Gasteiger partial charge is 0.390 e. The average Bonchev–Trinajstić information content (AvgIpc) is 3.52. The number of allylic oxidation sites excluding steroid dienone is 2. The van der Waals surface area contributed by atoms with Crippen molar-refractivity contribution in [2.45, 2.75) is 87.0 Å². The van der Waals surface area contributed by atoms with Crippen molar-refractivity contribution >= 4 is 16.5 Å². The van der Waals surface area contributed by atoms with Crippen LogP contribution in [0.3, 0.4) is 0 Å². The number of hydrogen-bond acceptors (Lipinski definition) is 5. The molecule has 2 bridgehead atoms. The third-order valence-corrected chi connectivity index (χ3v) is 11.0. The number of aliphatic hydroxyl groups is 2. The van der Waals surface area contributed by atoms with Crippen LogP contribution in [-0.4, -0.2) is 74.5 Å². The van der Waals surface area contributed by atoms with Gasteiger partial charge in [0.05, 0.1) is 29.5 Å². The molecule has 9 unspecified atom stereocenters. The molecule has 7 rings (SSSR count). The number of aromatic amines is 1. The van der Waals surface area contributed by atoms with Gasteiger partial charge in [0.2, 0.25) is 0 Å². The molecule has 2 saturated heterocycles. The van der Waals surface area contributed by atoms with E-state index in [-0.39, 0.29) is 29.7 Å². The molecule has 3 N–H and O–H groups in total. The van der Waals surface area contributed by atoms with Gasteiger partial charge in [-0.15, -0.1) is 0 Å². The Labute approximate surface area is 205 Å². The smallest absolute Gasteiger partial charge is 0.140 e. The first kappa shape index (κ1) is 22.4. The van der Waals surface area contributed by atoms with Crippen LogP contribution in [0.2, 0.25) is 0 Å². The first-order valence-corrected chi connectivity index (χ1v) is 13.2. The van der Waals surface area contributed by atoms with Crippen LogP contribution in [0.1, 0.15) is 57.4 Å². The van der Waals surface area contributed by atoms with E-state index in [0.29, 0.717) is 19.3 Å². The number of nitrogens with zero attached hydrogens (tertiary/aromatic N) is 2. The average molecular weight is 482 g/mol. The van der Waals surface area contributed by atoms with Crippen molar-refractivity contribution < 1.29 is 19.3 Å². The molecule has 1 aromatic heterocycles. The van der Waals surface area contributed by atoms with Gasteiger partial charge in [0.1, 0.15) is 11.3 Å².